The highest BCUT2D eigenvalue weighted by atomic mass is 35.7. The number of rotatable bonds is 1. The van der Waals surface area contributed by atoms with E-state index in [-0.39, 0.29) is 5.04 Å². The Morgan fingerprint density at radius 1 is 0.731 bits per heavy atom. The Labute approximate surface area is 158 Å². The van der Waals surface area contributed by atoms with Crippen LogP contribution in [0.5, 0.6) is 0 Å². The number of hydrogen-bond acceptors (Lipinski definition) is 4. The van der Waals surface area contributed by atoms with Crippen LogP contribution in [-0.2, 0) is 4.11 Å². The van der Waals surface area contributed by atoms with Crippen molar-refractivity contribution in [3.8, 4) is 0 Å². The van der Waals surface area contributed by atoms with Crippen molar-refractivity contribution in [1.82, 2.24) is 0 Å². The summed E-state index contributed by atoms with van der Waals surface area (Å²) in [5.74, 6) is 0.977. The molecule has 2 aliphatic rings. The van der Waals surface area contributed by atoms with Crippen molar-refractivity contribution >= 4 is 14.1 Å². The molecule has 0 aromatic rings. The number of hydrogen-bond donors (Lipinski definition) is 0. The maximum Gasteiger partial charge on any atom is 0.517 e. The van der Waals surface area contributed by atoms with Crippen LogP contribution in [0.25, 0.3) is 0 Å². The van der Waals surface area contributed by atoms with Gasteiger partial charge >= 0.3 is 14.1 Å². The molecule has 0 unspecified atom stereocenters. The Bertz CT molecular complexity index is 669. The minimum absolute atomic E-state index is 0.221. The molecular formula is C19H25ClO5Si. The van der Waals surface area contributed by atoms with Gasteiger partial charge in [-0.15, -0.1) is 10.2 Å². The summed E-state index contributed by atoms with van der Waals surface area (Å²) in [5, 5.41) is 0.221. The van der Waals surface area contributed by atoms with E-state index in [1.807, 2.05) is 12.2 Å². The predicted molar refractivity (Wildman–Crippen MR) is 94.9 cm³/mol. The number of halogens is 1. The minimum atomic E-state index is -4.94. The van der Waals surface area contributed by atoms with Crippen LogP contribution in [0, 0.1) is 10.2 Å². The molecule has 0 heterocycles. The molecule has 2 aliphatic carbocycles. The lowest BCUT2D eigenvalue weighted by atomic mass is 10.0. The fourth-order valence-electron chi connectivity index (χ4n) is 1.86. The topological polar surface area (TPSA) is 104 Å². The van der Waals surface area contributed by atoms with Crippen LogP contribution in [0.2, 0.25) is 18.1 Å². The van der Waals surface area contributed by atoms with E-state index in [1.165, 1.54) is 11.1 Å². The quantitative estimate of drug-likeness (QED) is 0.474. The fourth-order valence-corrected chi connectivity index (χ4v) is 2.89. The molecule has 0 amide bonds. The summed E-state index contributed by atoms with van der Waals surface area (Å²) in [6.45, 7) is 11.3. The van der Waals surface area contributed by atoms with E-state index < -0.39 is 18.6 Å². The maximum atomic E-state index is 8.49. The summed E-state index contributed by atoms with van der Waals surface area (Å²) in [5.41, 5.74) is 2.44. The third-order valence-corrected chi connectivity index (χ3v) is 8.61. The molecule has 0 atom stereocenters. The van der Waals surface area contributed by atoms with E-state index in [1.54, 1.807) is 0 Å². The third-order valence-electron chi connectivity index (χ3n) is 4.25. The van der Waals surface area contributed by atoms with Crippen molar-refractivity contribution in [2.24, 2.45) is 0 Å². The summed E-state index contributed by atoms with van der Waals surface area (Å²) in [7, 11) is -6.70. The average Bonchev–Trinajstić information content (AvgIpc) is 2.74. The Morgan fingerprint density at radius 3 is 1.50 bits per heavy atom. The van der Waals surface area contributed by atoms with Gasteiger partial charge in [0.2, 0.25) is 0 Å². The molecule has 0 saturated carbocycles. The molecule has 0 radical (unpaired) electrons. The first-order chi connectivity index (χ1) is 11.8. The largest absolute Gasteiger partial charge is 0.517 e. The lowest BCUT2D eigenvalue weighted by Gasteiger charge is -2.21. The highest BCUT2D eigenvalue weighted by molar-refractivity contribution is 6.72. The Balaban J connectivity index is 0.000000597. The molecule has 0 spiro atoms. The van der Waals surface area contributed by atoms with Gasteiger partial charge < -0.3 is 4.11 Å². The summed E-state index contributed by atoms with van der Waals surface area (Å²) in [6.07, 6.45) is 20.9. The molecule has 142 valence electrons. The summed E-state index contributed by atoms with van der Waals surface area (Å²) in [6, 6.07) is 0. The van der Waals surface area contributed by atoms with Crippen molar-refractivity contribution < 1.29 is 33.0 Å². The molecule has 26 heavy (non-hydrogen) atoms. The van der Waals surface area contributed by atoms with Gasteiger partial charge in [0.1, 0.15) is 0 Å². The molecule has 2 rings (SSSR count). The Kier molecular flexibility index (Phi) is 7.70. The second kappa shape index (κ2) is 8.90. The van der Waals surface area contributed by atoms with Crippen LogP contribution in [0.4, 0.5) is 0 Å². The van der Waals surface area contributed by atoms with Gasteiger partial charge in [-0.25, -0.2) is 18.6 Å². The molecule has 0 bridgehead atoms. The van der Waals surface area contributed by atoms with Crippen LogP contribution in [0.1, 0.15) is 20.8 Å². The number of allylic oxidation sites excluding steroid dienone is 12. The molecule has 0 saturated heterocycles. The first kappa shape index (κ1) is 22.5. The van der Waals surface area contributed by atoms with Crippen LogP contribution >= 0.6 is 0 Å². The maximum absolute atomic E-state index is 8.49. The highest BCUT2D eigenvalue weighted by Crippen LogP contribution is 2.35. The van der Waals surface area contributed by atoms with Crippen molar-refractivity contribution in [3.05, 3.63) is 71.9 Å². The standard InChI is InChI=1S/C19H25OSi.ClHO4/c1-19(2,3)21(4,5)20-18-14-12-17(13-15-18)16-10-8-6-7-9-11-16;2-1(3,4)5/h6-15H,1-5H3;(H,2,3,4,5)/q+1;/p-1. The normalized spacial score (nSPS) is 17.2. The first-order valence-electron chi connectivity index (χ1n) is 8.09. The Hall–Kier alpha value is -1.54. The van der Waals surface area contributed by atoms with E-state index in [0.29, 0.717) is 0 Å². The summed E-state index contributed by atoms with van der Waals surface area (Å²) >= 11 is 0. The monoisotopic (exact) mass is 396 g/mol. The van der Waals surface area contributed by atoms with Crippen molar-refractivity contribution in [2.45, 2.75) is 38.9 Å². The van der Waals surface area contributed by atoms with Gasteiger partial charge in [-0.3, -0.25) is 0 Å². The minimum Gasteiger partial charge on any atom is -0.371 e. The van der Waals surface area contributed by atoms with Gasteiger partial charge in [-0.1, -0.05) is 57.2 Å². The zero-order valence-electron chi connectivity index (χ0n) is 15.7. The molecule has 0 aromatic heterocycles. The van der Waals surface area contributed by atoms with Crippen molar-refractivity contribution in [3.63, 3.8) is 0 Å². The predicted octanol–water partition coefficient (Wildman–Crippen LogP) is 0.445. The number of carbonyl (C=O) groups excluding carboxylic acids is 1. The molecule has 0 aliphatic heterocycles. The second-order valence-electron chi connectivity index (χ2n) is 7.32. The van der Waals surface area contributed by atoms with Crippen LogP contribution in [-0.4, -0.2) is 14.1 Å². The molecular weight excluding hydrogens is 372 g/mol. The van der Waals surface area contributed by atoms with E-state index >= 15 is 0 Å². The summed E-state index contributed by atoms with van der Waals surface area (Å²) in [4.78, 5) is 0. The van der Waals surface area contributed by atoms with Gasteiger partial charge in [-0.2, -0.15) is 0 Å². The van der Waals surface area contributed by atoms with Gasteiger partial charge in [0.15, 0.2) is 0 Å². The molecule has 0 N–H and O–H groups in total. The molecule has 5 nitrogen and oxygen atoms in total. The highest BCUT2D eigenvalue weighted by Gasteiger charge is 2.51. The fraction of sp³-hybridized carbons (Fsp3) is 0.316. The lowest BCUT2D eigenvalue weighted by Crippen LogP contribution is -2.68. The van der Waals surface area contributed by atoms with Gasteiger partial charge in [0.05, 0.1) is 0 Å². The van der Waals surface area contributed by atoms with E-state index in [9.17, 15) is 0 Å². The zero-order chi connectivity index (χ0) is 20.0. The van der Waals surface area contributed by atoms with E-state index in [0.717, 1.165) is 5.78 Å². The SMILES string of the molecule is CC(C)(C)[Si](C)(C)[O+]=C1C=CC(=C2C=CC=CC=C2)C=C1.[O-][Cl+3]([O-])([O-])[O-]. The van der Waals surface area contributed by atoms with Crippen molar-refractivity contribution in [2.75, 3.05) is 0 Å². The second-order valence-corrected chi connectivity index (χ2v) is 12.8. The van der Waals surface area contributed by atoms with Gasteiger partial charge in [0.25, 0.3) is 0 Å². The van der Waals surface area contributed by atoms with Gasteiger partial charge in [-0.05, 0) is 23.3 Å². The smallest absolute Gasteiger partial charge is 0.371 e. The van der Waals surface area contributed by atoms with Gasteiger partial charge in [0, 0.05) is 30.3 Å². The average molecular weight is 397 g/mol. The number of ketones is 1. The van der Waals surface area contributed by atoms with Crippen LogP contribution in [0.3, 0.4) is 0 Å². The third kappa shape index (κ3) is 8.22. The zero-order valence-corrected chi connectivity index (χ0v) is 17.4. The van der Waals surface area contributed by atoms with E-state index in [2.05, 4.69) is 82.5 Å². The summed E-state index contributed by atoms with van der Waals surface area (Å²) < 4.78 is 40.3. The first-order valence-corrected chi connectivity index (χ1v) is 12.2. The lowest BCUT2D eigenvalue weighted by molar-refractivity contribution is -2.00. The van der Waals surface area contributed by atoms with Crippen LogP contribution in [0.15, 0.2) is 71.9 Å². The molecule has 7 heteroatoms. The molecule has 0 fully saturated rings. The van der Waals surface area contributed by atoms with Crippen LogP contribution < -0.4 is 18.6 Å². The van der Waals surface area contributed by atoms with Crippen molar-refractivity contribution in [1.29, 1.82) is 0 Å². The Morgan fingerprint density at radius 2 is 1.12 bits per heavy atom. The molecule has 0 aromatic carbocycles. The van der Waals surface area contributed by atoms with E-state index in [4.69, 9.17) is 22.7 Å².